The van der Waals surface area contributed by atoms with Crippen LogP contribution >= 0.6 is 58.0 Å². The molecule has 0 saturated carbocycles. The maximum atomic E-state index is 11.7. The Morgan fingerprint density at radius 2 is 1.85 bits per heavy atom. The fourth-order valence-electron chi connectivity index (χ4n) is 1.16. The maximum Gasteiger partial charge on any atom is 0.320 e. The summed E-state index contributed by atoms with van der Waals surface area (Å²) in [5.74, 6) is 0. The van der Waals surface area contributed by atoms with Crippen LogP contribution in [0.25, 0.3) is 0 Å². The van der Waals surface area contributed by atoms with Gasteiger partial charge >= 0.3 is 6.03 Å². The molecule has 0 bridgehead atoms. The summed E-state index contributed by atoms with van der Waals surface area (Å²) in [5.41, 5.74) is 0.381. The first-order chi connectivity index (χ1) is 9.24. The monoisotopic (exact) mass is 377 g/mol. The lowest BCUT2D eigenvalue weighted by Gasteiger charge is -2.24. The molecule has 5 nitrogen and oxygen atoms in total. The van der Waals surface area contributed by atoms with Gasteiger partial charge in [-0.15, -0.1) is 0 Å². The summed E-state index contributed by atoms with van der Waals surface area (Å²) in [5, 5.41) is 7.50. The highest BCUT2D eigenvalue weighted by Gasteiger charge is 2.33. The van der Waals surface area contributed by atoms with Gasteiger partial charge < -0.3 is 16.0 Å². The Kier molecular flexibility index (Phi) is 6.48. The van der Waals surface area contributed by atoms with Crippen LogP contribution in [0, 0.1) is 0 Å². The standard InChI is InChI=1S/C10H8Cl5N3O2/c11-6-2-1-5(3-7(6)12)17-9(20)18-8(16-4-19)10(13,14)15/h1-4,8H,(H,16,19)(H2,17,18,20). The molecule has 0 fully saturated rings. The van der Waals surface area contributed by atoms with Crippen molar-refractivity contribution in [1.29, 1.82) is 0 Å². The molecule has 0 heterocycles. The molecule has 1 unspecified atom stereocenters. The van der Waals surface area contributed by atoms with Gasteiger partial charge in [-0.25, -0.2) is 4.79 Å². The number of urea groups is 1. The van der Waals surface area contributed by atoms with Crippen LogP contribution < -0.4 is 16.0 Å². The molecule has 20 heavy (non-hydrogen) atoms. The van der Waals surface area contributed by atoms with Gasteiger partial charge in [0.2, 0.25) is 10.2 Å². The first-order valence-corrected chi connectivity index (χ1v) is 6.92. The van der Waals surface area contributed by atoms with E-state index in [9.17, 15) is 9.59 Å². The van der Waals surface area contributed by atoms with E-state index in [-0.39, 0.29) is 5.02 Å². The number of amides is 3. The number of rotatable bonds is 4. The van der Waals surface area contributed by atoms with Gasteiger partial charge in [0.05, 0.1) is 10.0 Å². The number of carbonyl (C=O) groups is 2. The smallest absolute Gasteiger partial charge is 0.320 e. The van der Waals surface area contributed by atoms with Crippen molar-refractivity contribution in [3.63, 3.8) is 0 Å². The van der Waals surface area contributed by atoms with E-state index >= 15 is 0 Å². The number of anilines is 1. The summed E-state index contributed by atoms with van der Waals surface area (Å²) in [6, 6.07) is 3.79. The molecule has 0 spiro atoms. The summed E-state index contributed by atoms with van der Waals surface area (Å²) in [4.78, 5) is 22.1. The molecule has 3 amide bonds. The Morgan fingerprint density at radius 3 is 2.35 bits per heavy atom. The molecule has 110 valence electrons. The fourth-order valence-corrected chi connectivity index (χ4v) is 1.81. The van der Waals surface area contributed by atoms with Gasteiger partial charge in [-0.3, -0.25) is 4.79 Å². The lowest BCUT2D eigenvalue weighted by Crippen LogP contribution is -2.54. The third-order valence-electron chi connectivity index (χ3n) is 2.01. The van der Waals surface area contributed by atoms with Crippen molar-refractivity contribution in [2.45, 2.75) is 9.96 Å². The average Bonchev–Trinajstić information content (AvgIpc) is 2.32. The van der Waals surface area contributed by atoms with Gasteiger partial charge in [0.15, 0.2) is 6.17 Å². The minimum absolute atomic E-state index is 0.272. The van der Waals surface area contributed by atoms with Crippen molar-refractivity contribution in [3.05, 3.63) is 28.2 Å². The molecule has 0 aromatic heterocycles. The van der Waals surface area contributed by atoms with E-state index in [0.717, 1.165) is 0 Å². The van der Waals surface area contributed by atoms with Crippen molar-refractivity contribution in [2.75, 3.05) is 5.32 Å². The summed E-state index contributed by atoms with van der Waals surface area (Å²) >= 11 is 28.3. The molecule has 1 aromatic rings. The molecule has 1 rings (SSSR count). The number of hydrogen-bond acceptors (Lipinski definition) is 2. The van der Waals surface area contributed by atoms with Crippen molar-refractivity contribution >= 4 is 76.1 Å². The van der Waals surface area contributed by atoms with Crippen LogP contribution in [0.4, 0.5) is 10.5 Å². The Balaban J connectivity index is 2.70. The molecular weight excluding hydrogens is 371 g/mol. The van der Waals surface area contributed by atoms with Gasteiger partial charge in [-0.05, 0) is 18.2 Å². The van der Waals surface area contributed by atoms with E-state index in [0.29, 0.717) is 17.1 Å². The molecule has 0 aliphatic heterocycles. The Hall–Kier alpha value is -0.590. The molecule has 0 radical (unpaired) electrons. The third kappa shape index (κ3) is 5.42. The van der Waals surface area contributed by atoms with E-state index in [2.05, 4.69) is 16.0 Å². The van der Waals surface area contributed by atoms with Crippen molar-refractivity contribution in [2.24, 2.45) is 0 Å². The van der Waals surface area contributed by atoms with E-state index in [1.165, 1.54) is 18.2 Å². The second kappa shape index (κ2) is 7.43. The number of hydrogen-bond donors (Lipinski definition) is 3. The lowest BCUT2D eigenvalue weighted by atomic mass is 10.3. The quantitative estimate of drug-likeness (QED) is 0.425. The third-order valence-corrected chi connectivity index (χ3v) is 3.41. The highest BCUT2D eigenvalue weighted by molar-refractivity contribution is 6.68. The Labute approximate surface area is 139 Å². The largest absolute Gasteiger partial charge is 0.335 e. The first-order valence-electron chi connectivity index (χ1n) is 5.03. The van der Waals surface area contributed by atoms with Crippen LogP contribution in [0.15, 0.2) is 18.2 Å². The zero-order valence-corrected chi connectivity index (χ0v) is 13.4. The van der Waals surface area contributed by atoms with E-state index in [4.69, 9.17) is 58.0 Å². The molecule has 1 atom stereocenters. The highest BCUT2D eigenvalue weighted by Crippen LogP contribution is 2.29. The van der Waals surface area contributed by atoms with Crippen LogP contribution in [0.1, 0.15) is 0 Å². The zero-order chi connectivity index (χ0) is 15.3. The lowest BCUT2D eigenvalue weighted by molar-refractivity contribution is -0.110. The highest BCUT2D eigenvalue weighted by atomic mass is 35.6. The van der Waals surface area contributed by atoms with Crippen LogP contribution in [0.3, 0.4) is 0 Å². The zero-order valence-electron chi connectivity index (χ0n) is 9.59. The van der Waals surface area contributed by atoms with E-state index < -0.39 is 16.0 Å². The summed E-state index contributed by atoms with van der Waals surface area (Å²) in [6.45, 7) is 0. The Morgan fingerprint density at radius 1 is 1.20 bits per heavy atom. The van der Waals surface area contributed by atoms with Gasteiger partial charge in [0.25, 0.3) is 0 Å². The summed E-state index contributed by atoms with van der Waals surface area (Å²) in [7, 11) is 0. The van der Waals surface area contributed by atoms with Crippen LogP contribution in [-0.4, -0.2) is 22.4 Å². The minimum Gasteiger partial charge on any atom is -0.335 e. The van der Waals surface area contributed by atoms with Crippen molar-refractivity contribution in [1.82, 2.24) is 10.6 Å². The predicted octanol–water partition coefficient (Wildman–Crippen LogP) is 3.56. The SMILES string of the molecule is O=CNC(NC(=O)Nc1ccc(Cl)c(Cl)c1)C(Cl)(Cl)Cl. The molecule has 1 aromatic carbocycles. The van der Waals surface area contributed by atoms with Crippen LogP contribution in [0.2, 0.25) is 10.0 Å². The van der Waals surface area contributed by atoms with Gasteiger partial charge in [0, 0.05) is 5.69 Å². The van der Waals surface area contributed by atoms with Crippen molar-refractivity contribution in [3.8, 4) is 0 Å². The maximum absolute atomic E-state index is 11.7. The second-order valence-electron chi connectivity index (χ2n) is 3.49. The molecule has 0 saturated heterocycles. The van der Waals surface area contributed by atoms with Crippen LogP contribution in [0.5, 0.6) is 0 Å². The number of benzene rings is 1. The number of nitrogens with one attached hydrogen (secondary N) is 3. The van der Waals surface area contributed by atoms with Crippen LogP contribution in [-0.2, 0) is 4.79 Å². The van der Waals surface area contributed by atoms with Gasteiger partial charge in [0.1, 0.15) is 0 Å². The van der Waals surface area contributed by atoms with Crippen molar-refractivity contribution < 1.29 is 9.59 Å². The normalized spacial score (nSPS) is 12.4. The minimum atomic E-state index is -1.91. The number of alkyl halides is 3. The first kappa shape index (κ1) is 17.5. The molecular formula is C10H8Cl5N3O2. The summed E-state index contributed by atoms with van der Waals surface area (Å²) < 4.78 is -1.91. The Bertz CT molecular complexity index is 506. The summed E-state index contributed by atoms with van der Waals surface area (Å²) in [6.07, 6.45) is -0.904. The number of carbonyl (C=O) groups excluding carboxylic acids is 2. The molecule has 0 aliphatic carbocycles. The molecule has 0 aliphatic rings. The molecule has 3 N–H and O–H groups in total. The fraction of sp³-hybridized carbons (Fsp3) is 0.200. The van der Waals surface area contributed by atoms with Gasteiger partial charge in [-0.1, -0.05) is 58.0 Å². The van der Waals surface area contributed by atoms with E-state index in [1.54, 1.807) is 0 Å². The average molecular weight is 379 g/mol. The number of halogens is 5. The van der Waals surface area contributed by atoms with E-state index in [1.807, 2.05) is 0 Å². The van der Waals surface area contributed by atoms with Gasteiger partial charge in [-0.2, -0.15) is 0 Å². The predicted molar refractivity (Wildman–Crippen MR) is 81.9 cm³/mol. The second-order valence-corrected chi connectivity index (χ2v) is 6.67. The topological polar surface area (TPSA) is 70.2 Å². The molecule has 10 heteroatoms.